The molecule has 43 heavy (non-hydrogen) atoms. The summed E-state index contributed by atoms with van der Waals surface area (Å²) in [4.78, 5) is 49.9. The predicted molar refractivity (Wildman–Crippen MR) is 158 cm³/mol. The highest BCUT2D eigenvalue weighted by Crippen LogP contribution is 2.32. The summed E-state index contributed by atoms with van der Waals surface area (Å²) in [5, 5.41) is 0. The molecule has 12 heteroatoms. The maximum absolute atomic E-state index is 12.8. The van der Waals surface area contributed by atoms with Crippen LogP contribution in [0.5, 0.6) is 11.5 Å². The molecule has 0 aliphatic heterocycles. The van der Waals surface area contributed by atoms with E-state index in [4.69, 9.17) is 38.9 Å². The molecule has 0 saturated carbocycles. The van der Waals surface area contributed by atoms with E-state index in [1.165, 1.54) is 25.3 Å². The van der Waals surface area contributed by atoms with E-state index in [1.807, 2.05) is 48.5 Å². The highest BCUT2D eigenvalue weighted by molar-refractivity contribution is 5.81. The molecular weight excluding hydrogens is 562 g/mol. The first kappa shape index (κ1) is 37.5. The van der Waals surface area contributed by atoms with Gasteiger partial charge in [0.25, 0.3) is 0 Å². The number of ether oxygens (including phenoxy) is 7. The second kappa shape index (κ2) is 16.3. The number of carbonyl (C=O) groups excluding carboxylic acids is 4. The first-order valence-electron chi connectivity index (χ1n) is 14.3. The van der Waals surface area contributed by atoms with Gasteiger partial charge in [-0.2, -0.15) is 0 Å². The topological polar surface area (TPSA) is 159 Å². The molecule has 0 aliphatic carbocycles. The standard InChI is InChI=1S/C31H49NO11/c1-11-12-20(2)40-28(36)41-21(3)16-31(32,25(33)37-10)17-22-13-14-23(42-26(34)38-18-29(4,5)6)24(15-22)43-27(35)39-19-30(7,8)9/h13-15,20-21H,11-12,16-19,32H2,1-10H3/t20-,21-,31?/m0/s1. The SMILES string of the molecule is CCC[C@H](C)OC(=O)O[C@@H](C)CC(N)(Cc1ccc(OC(=O)OCC(C)(C)C)c(OC(=O)OCC(C)(C)C)c1)C(=O)OC. The molecule has 1 aromatic rings. The van der Waals surface area contributed by atoms with Crippen molar-refractivity contribution in [2.75, 3.05) is 20.3 Å². The maximum Gasteiger partial charge on any atom is 0.513 e. The molecule has 0 heterocycles. The Kier molecular flexibility index (Phi) is 14.2. The van der Waals surface area contributed by atoms with Crippen LogP contribution in [0.4, 0.5) is 14.4 Å². The fourth-order valence-electron chi connectivity index (χ4n) is 3.79. The van der Waals surface area contributed by atoms with E-state index in [9.17, 15) is 19.2 Å². The van der Waals surface area contributed by atoms with Crippen LogP contribution in [-0.2, 0) is 34.9 Å². The first-order valence-corrected chi connectivity index (χ1v) is 14.3. The van der Waals surface area contributed by atoms with Gasteiger partial charge in [-0.1, -0.05) is 61.0 Å². The lowest BCUT2D eigenvalue weighted by Crippen LogP contribution is -2.53. The van der Waals surface area contributed by atoms with Crippen molar-refractivity contribution in [1.29, 1.82) is 0 Å². The van der Waals surface area contributed by atoms with Gasteiger partial charge < -0.3 is 38.9 Å². The lowest BCUT2D eigenvalue weighted by atomic mass is 9.86. The Labute approximate surface area is 254 Å². The zero-order chi connectivity index (χ0) is 33.0. The summed E-state index contributed by atoms with van der Waals surface area (Å²) in [7, 11) is 1.19. The van der Waals surface area contributed by atoms with Crippen LogP contribution < -0.4 is 15.2 Å². The van der Waals surface area contributed by atoms with Crippen LogP contribution in [0.1, 0.15) is 87.1 Å². The van der Waals surface area contributed by atoms with Gasteiger partial charge in [-0.25, -0.2) is 14.4 Å². The van der Waals surface area contributed by atoms with Crippen molar-refractivity contribution in [3.8, 4) is 11.5 Å². The molecule has 0 radical (unpaired) electrons. The van der Waals surface area contributed by atoms with Gasteiger partial charge in [0.15, 0.2) is 11.5 Å². The van der Waals surface area contributed by atoms with Crippen molar-refractivity contribution in [3.63, 3.8) is 0 Å². The van der Waals surface area contributed by atoms with Crippen molar-refractivity contribution >= 4 is 24.4 Å². The van der Waals surface area contributed by atoms with Gasteiger partial charge >= 0.3 is 24.4 Å². The van der Waals surface area contributed by atoms with E-state index < -0.39 is 36.1 Å². The molecule has 0 aromatic heterocycles. The third-order valence-corrected chi connectivity index (χ3v) is 5.69. The Morgan fingerprint density at radius 2 is 1.30 bits per heavy atom. The number of esters is 1. The Balaban J connectivity index is 3.23. The van der Waals surface area contributed by atoms with E-state index in [1.54, 1.807) is 13.8 Å². The average molecular weight is 612 g/mol. The van der Waals surface area contributed by atoms with E-state index in [-0.39, 0.29) is 54.5 Å². The number of hydrogen-bond acceptors (Lipinski definition) is 12. The molecule has 0 amide bonds. The summed E-state index contributed by atoms with van der Waals surface area (Å²) in [6.07, 6.45) is -2.75. The van der Waals surface area contributed by atoms with Crippen molar-refractivity contribution < 1.29 is 52.3 Å². The average Bonchev–Trinajstić information content (AvgIpc) is 2.86. The predicted octanol–water partition coefficient (Wildman–Crippen LogP) is 6.34. The van der Waals surface area contributed by atoms with E-state index >= 15 is 0 Å². The molecule has 0 saturated heterocycles. The van der Waals surface area contributed by atoms with Crippen LogP contribution in [0.2, 0.25) is 0 Å². The first-order chi connectivity index (χ1) is 19.8. The Bertz CT molecular complexity index is 1090. The summed E-state index contributed by atoms with van der Waals surface area (Å²) in [6.45, 7) is 16.8. The molecule has 1 unspecified atom stereocenters. The number of carbonyl (C=O) groups is 4. The minimum atomic E-state index is -1.65. The van der Waals surface area contributed by atoms with Gasteiger partial charge in [0.1, 0.15) is 17.7 Å². The Morgan fingerprint density at radius 3 is 1.79 bits per heavy atom. The summed E-state index contributed by atoms with van der Waals surface area (Å²) in [5.41, 5.74) is 4.66. The van der Waals surface area contributed by atoms with Crippen LogP contribution in [0.15, 0.2) is 18.2 Å². The van der Waals surface area contributed by atoms with Gasteiger partial charge in [-0.3, -0.25) is 4.79 Å². The number of nitrogens with two attached hydrogens (primary N) is 1. The normalized spacial score (nSPS) is 14.4. The third-order valence-electron chi connectivity index (χ3n) is 5.69. The molecule has 2 N–H and O–H groups in total. The molecule has 3 atom stereocenters. The van der Waals surface area contributed by atoms with Crippen LogP contribution in [0.3, 0.4) is 0 Å². The molecule has 0 bridgehead atoms. The monoisotopic (exact) mass is 611 g/mol. The second-order valence-corrected chi connectivity index (χ2v) is 13.1. The van der Waals surface area contributed by atoms with E-state index in [0.29, 0.717) is 12.0 Å². The Morgan fingerprint density at radius 1 is 0.791 bits per heavy atom. The number of rotatable bonds is 13. The van der Waals surface area contributed by atoms with Crippen LogP contribution in [0.25, 0.3) is 0 Å². The molecular formula is C31H49NO11. The van der Waals surface area contributed by atoms with Gasteiger partial charge in [-0.05, 0) is 48.8 Å². The number of hydrogen-bond donors (Lipinski definition) is 1. The third kappa shape index (κ3) is 15.0. The molecule has 244 valence electrons. The van der Waals surface area contributed by atoms with Crippen molar-refractivity contribution in [2.45, 2.75) is 106 Å². The van der Waals surface area contributed by atoms with Gasteiger partial charge in [-0.15, -0.1) is 0 Å². The van der Waals surface area contributed by atoms with E-state index in [2.05, 4.69) is 0 Å². The lowest BCUT2D eigenvalue weighted by molar-refractivity contribution is -0.148. The summed E-state index contributed by atoms with van der Waals surface area (Å²) < 4.78 is 36.6. The number of benzene rings is 1. The molecule has 1 rings (SSSR count). The zero-order valence-electron chi connectivity index (χ0n) is 27.2. The summed E-state index contributed by atoms with van der Waals surface area (Å²) >= 11 is 0. The summed E-state index contributed by atoms with van der Waals surface area (Å²) in [5.74, 6) is -1.03. The minimum absolute atomic E-state index is 0.0706. The van der Waals surface area contributed by atoms with Gasteiger partial charge in [0.05, 0.1) is 20.3 Å². The van der Waals surface area contributed by atoms with Crippen LogP contribution in [-0.4, -0.2) is 62.5 Å². The number of methoxy groups -OCH3 is 1. The van der Waals surface area contributed by atoms with E-state index in [0.717, 1.165) is 6.42 Å². The molecule has 12 nitrogen and oxygen atoms in total. The van der Waals surface area contributed by atoms with Crippen LogP contribution in [0, 0.1) is 10.8 Å². The van der Waals surface area contributed by atoms with Crippen LogP contribution >= 0.6 is 0 Å². The Hall–Kier alpha value is -3.54. The fraction of sp³-hybridized carbons (Fsp3) is 0.677. The van der Waals surface area contributed by atoms with Crippen molar-refractivity contribution in [3.05, 3.63) is 23.8 Å². The molecule has 1 aromatic carbocycles. The molecule has 0 aliphatic rings. The van der Waals surface area contributed by atoms with Gasteiger partial charge in [0.2, 0.25) is 0 Å². The van der Waals surface area contributed by atoms with Crippen molar-refractivity contribution in [2.24, 2.45) is 16.6 Å². The highest BCUT2D eigenvalue weighted by atomic mass is 16.7. The highest BCUT2D eigenvalue weighted by Gasteiger charge is 2.38. The maximum atomic E-state index is 12.8. The molecule has 0 spiro atoms. The summed E-state index contributed by atoms with van der Waals surface area (Å²) in [6, 6.07) is 4.31. The molecule has 0 fully saturated rings. The smallest absolute Gasteiger partial charge is 0.468 e. The fourth-order valence-corrected chi connectivity index (χ4v) is 3.79. The minimum Gasteiger partial charge on any atom is -0.468 e. The zero-order valence-corrected chi connectivity index (χ0v) is 27.2. The second-order valence-electron chi connectivity index (χ2n) is 13.1. The van der Waals surface area contributed by atoms with Crippen molar-refractivity contribution in [1.82, 2.24) is 0 Å². The quantitative estimate of drug-likeness (QED) is 0.150. The lowest BCUT2D eigenvalue weighted by Gasteiger charge is -2.29. The van der Waals surface area contributed by atoms with Gasteiger partial charge in [0, 0.05) is 12.8 Å². The largest absolute Gasteiger partial charge is 0.513 e.